The minimum absolute atomic E-state index is 0.0128. The molecule has 0 spiro atoms. The summed E-state index contributed by atoms with van der Waals surface area (Å²) in [7, 11) is 0. The zero-order chi connectivity index (χ0) is 23.8. The van der Waals surface area contributed by atoms with Gasteiger partial charge in [-0.1, -0.05) is 55.2 Å². The number of halogens is 2. The van der Waals surface area contributed by atoms with E-state index in [1.807, 2.05) is 52.8 Å². The molecular weight excluding hydrogens is 447 g/mol. The fourth-order valence-electron chi connectivity index (χ4n) is 3.30. The summed E-state index contributed by atoms with van der Waals surface area (Å²) < 4.78 is 5.85. The second-order valence-electron chi connectivity index (χ2n) is 7.99. The summed E-state index contributed by atoms with van der Waals surface area (Å²) in [5.74, 6) is 0.176. The molecule has 2 aromatic rings. The molecule has 2 atom stereocenters. The van der Waals surface area contributed by atoms with Crippen LogP contribution in [0.1, 0.15) is 50.3 Å². The van der Waals surface area contributed by atoms with Crippen LogP contribution in [0.3, 0.4) is 0 Å². The zero-order valence-electron chi connectivity index (χ0n) is 19.4. The minimum atomic E-state index is -0.648. The van der Waals surface area contributed by atoms with E-state index in [2.05, 4.69) is 5.32 Å². The normalized spacial score (nSPS) is 12.7. The van der Waals surface area contributed by atoms with Crippen molar-refractivity contribution in [3.8, 4) is 5.75 Å². The molecular formula is C25H32Cl2N2O3. The van der Waals surface area contributed by atoms with Gasteiger partial charge in [0.25, 0.3) is 5.91 Å². The van der Waals surface area contributed by atoms with Crippen molar-refractivity contribution in [2.45, 2.75) is 66.1 Å². The van der Waals surface area contributed by atoms with Crippen LogP contribution in [0.2, 0.25) is 10.0 Å². The number of amides is 2. The van der Waals surface area contributed by atoms with Crippen LogP contribution in [0.5, 0.6) is 5.75 Å². The van der Waals surface area contributed by atoms with Gasteiger partial charge in [0.1, 0.15) is 11.8 Å². The van der Waals surface area contributed by atoms with E-state index in [1.54, 1.807) is 18.2 Å². The third kappa shape index (κ3) is 6.88. The van der Waals surface area contributed by atoms with Gasteiger partial charge in [-0.3, -0.25) is 9.59 Å². The second kappa shape index (κ2) is 12.1. The van der Waals surface area contributed by atoms with E-state index < -0.39 is 6.04 Å². The molecule has 1 N–H and O–H groups in total. The van der Waals surface area contributed by atoms with Crippen molar-refractivity contribution in [3.05, 3.63) is 63.1 Å². The van der Waals surface area contributed by atoms with Crippen molar-refractivity contribution >= 4 is 35.0 Å². The molecule has 5 nitrogen and oxygen atoms in total. The highest BCUT2D eigenvalue weighted by Crippen LogP contribution is 2.25. The molecule has 2 aromatic carbocycles. The molecule has 0 heterocycles. The van der Waals surface area contributed by atoms with Gasteiger partial charge in [-0.25, -0.2) is 0 Å². The van der Waals surface area contributed by atoms with E-state index in [0.29, 0.717) is 27.8 Å². The first-order valence-electron chi connectivity index (χ1n) is 10.9. The van der Waals surface area contributed by atoms with Crippen LogP contribution in [-0.2, 0) is 16.1 Å². The quantitative estimate of drug-likeness (QED) is 0.475. The maximum atomic E-state index is 13.3. The number of nitrogens with one attached hydrogen (secondary N) is 1. The number of carbonyl (C=O) groups excluding carboxylic acids is 2. The van der Waals surface area contributed by atoms with Crippen molar-refractivity contribution in [2.24, 2.45) is 0 Å². The molecule has 0 aliphatic rings. The number of carbonyl (C=O) groups is 2. The van der Waals surface area contributed by atoms with Gasteiger partial charge in [0.05, 0.1) is 0 Å². The number of hydrogen-bond donors (Lipinski definition) is 1. The standard InChI is InChI=1S/C25H32Cl2N2O3/c1-6-17(4)28-25(31)22(7-2)29(14-19-11-12-20(26)13-21(19)27)24(30)15-32-23-10-8-9-16(3)18(23)5/h8-13,17,22H,6-7,14-15H2,1-5H3,(H,28,31). The highest BCUT2D eigenvalue weighted by molar-refractivity contribution is 6.35. The maximum Gasteiger partial charge on any atom is 0.261 e. The minimum Gasteiger partial charge on any atom is -0.483 e. The van der Waals surface area contributed by atoms with E-state index in [0.717, 1.165) is 17.5 Å². The molecule has 2 unspecified atom stereocenters. The first kappa shape index (κ1) is 26.0. The van der Waals surface area contributed by atoms with Gasteiger partial charge < -0.3 is 15.0 Å². The SMILES string of the molecule is CCC(C)NC(=O)C(CC)N(Cc1ccc(Cl)cc1Cl)C(=O)COc1cccc(C)c1C. The van der Waals surface area contributed by atoms with Gasteiger partial charge in [0.2, 0.25) is 5.91 Å². The number of nitrogens with zero attached hydrogens (tertiary/aromatic N) is 1. The Morgan fingerprint density at radius 2 is 1.81 bits per heavy atom. The van der Waals surface area contributed by atoms with Crippen LogP contribution in [-0.4, -0.2) is 35.4 Å². The summed E-state index contributed by atoms with van der Waals surface area (Å²) in [6, 6.07) is 10.2. The Kier molecular flexibility index (Phi) is 9.85. The van der Waals surface area contributed by atoms with Crippen LogP contribution >= 0.6 is 23.2 Å². The summed E-state index contributed by atoms with van der Waals surface area (Å²) in [6.45, 7) is 9.77. The molecule has 0 radical (unpaired) electrons. The van der Waals surface area contributed by atoms with E-state index in [9.17, 15) is 9.59 Å². The summed E-state index contributed by atoms with van der Waals surface area (Å²) in [5.41, 5.74) is 2.78. The highest BCUT2D eigenvalue weighted by atomic mass is 35.5. The topological polar surface area (TPSA) is 58.6 Å². The Labute approximate surface area is 201 Å². The van der Waals surface area contributed by atoms with Crippen LogP contribution < -0.4 is 10.1 Å². The van der Waals surface area contributed by atoms with Crippen LogP contribution in [0.25, 0.3) is 0 Å². The largest absolute Gasteiger partial charge is 0.483 e. The zero-order valence-corrected chi connectivity index (χ0v) is 20.9. The number of aryl methyl sites for hydroxylation is 1. The molecule has 2 amide bonds. The monoisotopic (exact) mass is 478 g/mol. The first-order chi connectivity index (χ1) is 15.2. The second-order valence-corrected chi connectivity index (χ2v) is 8.83. The number of benzene rings is 2. The fraction of sp³-hybridized carbons (Fsp3) is 0.440. The van der Waals surface area contributed by atoms with E-state index in [1.165, 1.54) is 4.90 Å². The lowest BCUT2D eigenvalue weighted by Crippen LogP contribution is -2.51. The molecule has 0 bridgehead atoms. The third-order valence-corrected chi connectivity index (χ3v) is 6.24. The molecule has 32 heavy (non-hydrogen) atoms. The van der Waals surface area contributed by atoms with E-state index in [4.69, 9.17) is 27.9 Å². The number of rotatable bonds is 10. The van der Waals surface area contributed by atoms with E-state index in [-0.39, 0.29) is 31.0 Å². The lowest BCUT2D eigenvalue weighted by Gasteiger charge is -2.31. The van der Waals surface area contributed by atoms with Crippen molar-refractivity contribution in [1.82, 2.24) is 10.2 Å². The number of hydrogen-bond acceptors (Lipinski definition) is 3. The molecule has 0 saturated heterocycles. The Hall–Kier alpha value is -2.24. The highest BCUT2D eigenvalue weighted by Gasteiger charge is 2.30. The maximum absolute atomic E-state index is 13.3. The Balaban J connectivity index is 2.29. The Morgan fingerprint density at radius 1 is 1.09 bits per heavy atom. The van der Waals surface area contributed by atoms with Crippen molar-refractivity contribution in [3.63, 3.8) is 0 Å². The van der Waals surface area contributed by atoms with Crippen LogP contribution in [0.4, 0.5) is 0 Å². The lowest BCUT2D eigenvalue weighted by atomic mass is 10.1. The molecule has 0 fully saturated rings. The predicted octanol–water partition coefficient (Wildman–Crippen LogP) is 5.71. The Bertz CT molecular complexity index is 949. The summed E-state index contributed by atoms with van der Waals surface area (Å²) in [6.07, 6.45) is 1.26. The van der Waals surface area contributed by atoms with Crippen LogP contribution in [0.15, 0.2) is 36.4 Å². The van der Waals surface area contributed by atoms with Crippen molar-refractivity contribution in [2.75, 3.05) is 6.61 Å². The summed E-state index contributed by atoms with van der Waals surface area (Å²) >= 11 is 12.4. The Morgan fingerprint density at radius 3 is 2.44 bits per heavy atom. The average molecular weight is 479 g/mol. The third-order valence-electron chi connectivity index (χ3n) is 5.65. The molecule has 0 aromatic heterocycles. The van der Waals surface area contributed by atoms with Gasteiger partial charge in [0.15, 0.2) is 6.61 Å². The van der Waals surface area contributed by atoms with Crippen molar-refractivity contribution < 1.29 is 14.3 Å². The van der Waals surface area contributed by atoms with Gasteiger partial charge in [-0.2, -0.15) is 0 Å². The molecule has 7 heteroatoms. The van der Waals surface area contributed by atoms with Crippen molar-refractivity contribution in [1.29, 1.82) is 0 Å². The predicted molar refractivity (Wildman–Crippen MR) is 130 cm³/mol. The molecule has 0 saturated carbocycles. The number of ether oxygens (including phenoxy) is 1. The molecule has 174 valence electrons. The van der Waals surface area contributed by atoms with Gasteiger partial charge in [-0.05, 0) is 68.5 Å². The fourth-order valence-corrected chi connectivity index (χ4v) is 3.77. The molecule has 0 aliphatic carbocycles. The smallest absolute Gasteiger partial charge is 0.261 e. The lowest BCUT2D eigenvalue weighted by molar-refractivity contribution is -0.143. The molecule has 0 aliphatic heterocycles. The molecule has 2 rings (SSSR count). The first-order valence-corrected chi connectivity index (χ1v) is 11.7. The van der Waals surface area contributed by atoms with Gasteiger partial charge in [-0.15, -0.1) is 0 Å². The summed E-state index contributed by atoms with van der Waals surface area (Å²) in [5, 5.41) is 3.95. The van der Waals surface area contributed by atoms with Gasteiger partial charge in [0, 0.05) is 22.6 Å². The van der Waals surface area contributed by atoms with E-state index >= 15 is 0 Å². The van der Waals surface area contributed by atoms with Gasteiger partial charge >= 0.3 is 0 Å². The summed E-state index contributed by atoms with van der Waals surface area (Å²) in [4.78, 5) is 27.8. The average Bonchev–Trinajstić information content (AvgIpc) is 2.75. The van der Waals surface area contributed by atoms with Crippen LogP contribution in [0, 0.1) is 13.8 Å².